The minimum absolute atomic E-state index is 0.0787. The lowest BCUT2D eigenvalue weighted by Gasteiger charge is -2.30. The van der Waals surface area contributed by atoms with E-state index in [9.17, 15) is 9.59 Å². The summed E-state index contributed by atoms with van der Waals surface area (Å²) in [6.07, 6.45) is -0.935. The Morgan fingerprint density at radius 1 is 1.63 bits per heavy atom. The van der Waals surface area contributed by atoms with Crippen LogP contribution in [0.15, 0.2) is 15.9 Å². The van der Waals surface area contributed by atoms with E-state index in [1.807, 2.05) is 11.4 Å². The first-order valence-corrected chi connectivity index (χ1v) is 7.33. The fraction of sp³-hybridized carbons (Fsp3) is 0.455. The maximum atomic E-state index is 11.9. The molecule has 19 heavy (non-hydrogen) atoms. The van der Waals surface area contributed by atoms with E-state index in [0.717, 1.165) is 9.35 Å². The zero-order chi connectivity index (χ0) is 13.8. The molecule has 0 saturated carbocycles. The number of amides is 2. The van der Waals surface area contributed by atoms with E-state index in [4.69, 9.17) is 9.84 Å². The predicted octanol–water partition coefficient (Wildman–Crippen LogP) is 1.51. The van der Waals surface area contributed by atoms with Crippen LogP contribution in [0.4, 0.5) is 4.79 Å². The molecule has 1 atom stereocenters. The van der Waals surface area contributed by atoms with Gasteiger partial charge in [-0.15, -0.1) is 11.3 Å². The van der Waals surface area contributed by atoms with Gasteiger partial charge in [0.15, 0.2) is 6.10 Å². The number of thiophene rings is 1. The molecule has 8 heteroatoms. The number of nitrogens with zero attached hydrogens (tertiary/aromatic N) is 1. The van der Waals surface area contributed by atoms with E-state index in [1.165, 1.54) is 4.90 Å². The van der Waals surface area contributed by atoms with E-state index >= 15 is 0 Å². The zero-order valence-corrected chi connectivity index (χ0v) is 12.4. The van der Waals surface area contributed by atoms with Crippen LogP contribution >= 0.6 is 27.3 Å². The number of carboxylic acids is 1. The molecule has 2 N–H and O–H groups in total. The van der Waals surface area contributed by atoms with E-state index in [-0.39, 0.29) is 19.2 Å². The molecule has 1 aliphatic heterocycles. The SMILES string of the molecule is O=C(O)C1CN(C(=O)NCc2cc(Br)cs2)CCO1. The molecule has 0 bridgehead atoms. The third kappa shape index (κ3) is 3.92. The number of halogens is 1. The number of ether oxygens (including phenoxy) is 1. The third-order valence-electron chi connectivity index (χ3n) is 2.66. The summed E-state index contributed by atoms with van der Waals surface area (Å²) in [5, 5.41) is 13.6. The number of hydrogen-bond acceptors (Lipinski definition) is 4. The van der Waals surface area contributed by atoms with Gasteiger partial charge in [-0.05, 0) is 22.0 Å². The molecular weight excluding hydrogens is 336 g/mol. The van der Waals surface area contributed by atoms with Crippen LogP contribution in [-0.4, -0.2) is 47.8 Å². The van der Waals surface area contributed by atoms with Gasteiger partial charge in [-0.1, -0.05) is 0 Å². The second-order valence-corrected chi connectivity index (χ2v) is 5.95. The summed E-state index contributed by atoms with van der Waals surface area (Å²) in [5.74, 6) is -1.04. The molecule has 2 amide bonds. The van der Waals surface area contributed by atoms with Gasteiger partial charge in [0.25, 0.3) is 0 Å². The number of nitrogens with one attached hydrogen (secondary N) is 1. The summed E-state index contributed by atoms with van der Waals surface area (Å²) in [6.45, 7) is 1.16. The molecular formula is C11H13BrN2O4S. The summed E-state index contributed by atoms with van der Waals surface area (Å²) in [6, 6.07) is 1.67. The summed E-state index contributed by atoms with van der Waals surface area (Å²) in [7, 11) is 0. The van der Waals surface area contributed by atoms with Crippen LogP contribution in [-0.2, 0) is 16.1 Å². The smallest absolute Gasteiger partial charge is 0.334 e. The molecule has 6 nitrogen and oxygen atoms in total. The first-order valence-electron chi connectivity index (χ1n) is 5.66. The zero-order valence-electron chi connectivity index (χ0n) is 9.97. The quantitative estimate of drug-likeness (QED) is 0.867. The predicted molar refractivity (Wildman–Crippen MR) is 73.2 cm³/mol. The highest BCUT2D eigenvalue weighted by Crippen LogP contribution is 2.19. The molecule has 104 valence electrons. The van der Waals surface area contributed by atoms with Crippen molar-refractivity contribution >= 4 is 39.3 Å². The maximum absolute atomic E-state index is 11.9. The summed E-state index contributed by atoms with van der Waals surface area (Å²) >= 11 is 4.89. The Labute approximate surface area is 122 Å². The van der Waals surface area contributed by atoms with Crippen molar-refractivity contribution < 1.29 is 19.4 Å². The second kappa shape index (κ2) is 6.36. The molecule has 1 saturated heterocycles. The highest BCUT2D eigenvalue weighted by Gasteiger charge is 2.28. The minimum atomic E-state index is -1.04. The van der Waals surface area contributed by atoms with E-state index < -0.39 is 12.1 Å². The molecule has 1 aromatic heterocycles. The standard InChI is InChI=1S/C11H13BrN2O4S/c12-7-3-8(19-6-7)4-13-11(17)14-1-2-18-9(5-14)10(15)16/h3,6,9H,1-2,4-5H2,(H,13,17)(H,15,16). The normalized spacial score (nSPS) is 19.2. The summed E-state index contributed by atoms with van der Waals surface area (Å²) in [4.78, 5) is 25.2. The van der Waals surface area contributed by atoms with Crippen LogP contribution in [0.2, 0.25) is 0 Å². The number of carboxylic acid groups (broad SMARTS) is 1. The van der Waals surface area contributed by atoms with Crippen molar-refractivity contribution in [3.05, 3.63) is 20.8 Å². The van der Waals surface area contributed by atoms with Crippen molar-refractivity contribution in [1.29, 1.82) is 0 Å². The molecule has 0 radical (unpaired) electrons. The molecule has 2 heterocycles. The first kappa shape index (κ1) is 14.3. The van der Waals surface area contributed by atoms with Crippen LogP contribution in [0.1, 0.15) is 4.88 Å². The largest absolute Gasteiger partial charge is 0.479 e. The summed E-state index contributed by atoms with van der Waals surface area (Å²) < 4.78 is 6.05. The maximum Gasteiger partial charge on any atom is 0.334 e. The van der Waals surface area contributed by atoms with Crippen molar-refractivity contribution in [3.8, 4) is 0 Å². The number of carbonyl (C=O) groups is 2. The van der Waals surface area contributed by atoms with Gasteiger partial charge in [0.2, 0.25) is 0 Å². The lowest BCUT2D eigenvalue weighted by Crippen LogP contribution is -2.51. The molecule has 1 fully saturated rings. The Morgan fingerprint density at radius 2 is 2.42 bits per heavy atom. The highest BCUT2D eigenvalue weighted by atomic mass is 79.9. The fourth-order valence-electron chi connectivity index (χ4n) is 1.70. The van der Waals surface area contributed by atoms with Gasteiger partial charge in [-0.2, -0.15) is 0 Å². The lowest BCUT2D eigenvalue weighted by atomic mass is 10.3. The van der Waals surface area contributed by atoms with Crippen molar-refractivity contribution in [3.63, 3.8) is 0 Å². The van der Waals surface area contributed by atoms with Gasteiger partial charge < -0.3 is 20.1 Å². The van der Waals surface area contributed by atoms with Gasteiger partial charge in [-0.3, -0.25) is 0 Å². The second-order valence-electron chi connectivity index (χ2n) is 4.03. The van der Waals surface area contributed by atoms with Crippen LogP contribution in [0, 0.1) is 0 Å². The monoisotopic (exact) mass is 348 g/mol. The van der Waals surface area contributed by atoms with Crippen molar-refractivity contribution in [2.45, 2.75) is 12.6 Å². The Kier molecular flexibility index (Phi) is 4.78. The molecule has 1 aliphatic rings. The number of urea groups is 1. The molecule has 2 rings (SSSR count). The van der Waals surface area contributed by atoms with Crippen LogP contribution in [0.25, 0.3) is 0 Å². The Balaban J connectivity index is 1.84. The fourth-order valence-corrected chi connectivity index (χ4v) is 3.09. The average Bonchev–Trinajstić information content (AvgIpc) is 2.82. The highest BCUT2D eigenvalue weighted by molar-refractivity contribution is 9.10. The number of morpholine rings is 1. The topological polar surface area (TPSA) is 78.9 Å². The van der Waals surface area contributed by atoms with Crippen LogP contribution in [0.3, 0.4) is 0 Å². The Hall–Kier alpha value is -1.12. The minimum Gasteiger partial charge on any atom is -0.479 e. The van der Waals surface area contributed by atoms with E-state index in [1.54, 1.807) is 11.3 Å². The number of carbonyl (C=O) groups excluding carboxylic acids is 1. The molecule has 0 aromatic carbocycles. The molecule has 1 unspecified atom stereocenters. The van der Waals surface area contributed by atoms with Gasteiger partial charge in [0.05, 0.1) is 19.7 Å². The molecule has 0 aliphatic carbocycles. The van der Waals surface area contributed by atoms with E-state index in [0.29, 0.717) is 13.1 Å². The van der Waals surface area contributed by atoms with Gasteiger partial charge in [-0.25, -0.2) is 9.59 Å². The molecule has 0 spiro atoms. The van der Waals surface area contributed by atoms with Crippen LogP contribution in [0.5, 0.6) is 0 Å². The van der Waals surface area contributed by atoms with Crippen molar-refractivity contribution in [2.24, 2.45) is 0 Å². The van der Waals surface area contributed by atoms with Crippen molar-refractivity contribution in [1.82, 2.24) is 10.2 Å². The third-order valence-corrected chi connectivity index (χ3v) is 4.36. The summed E-state index contributed by atoms with van der Waals surface area (Å²) in [5.41, 5.74) is 0. The molecule has 1 aromatic rings. The average molecular weight is 349 g/mol. The van der Waals surface area contributed by atoms with Gasteiger partial charge in [0.1, 0.15) is 0 Å². The number of hydrogen-bond donors (Lipinski definition) is 2. The number of aliphatic carboxylic acids is 1. The lowest BCUT2D eigenvalue weighted by molar-refractivity contribution is -0.154. The first-order chi connectivity index (χ1) is 9.06. The number of rotatable bonds is 3. The Morgan fingerprint density at radius 3 is 3.05 bits per heavy atom. The van der Waals surface area contributed by atoms with Gasteiger partial charge in [0, 0.05) is 21.3 Å². The van der Waals surface area contributed by atoms with Crippen LogP contribution < -0.4 is 5.32 Å². The Bertz CT molecular complexity index is 479. The van der Waals surface area contributed by atoms with Gasteiger partial charge >= 0.3 is 12.0 Å². The van der Waals surface area contributed by atoms with E-state index in [2.05, 4.69) is 21.2 Å². The van der Waals surface area contributed by atoms with Crippen molar-refractivity contribution in [2.75, 3.05) is 19.7 Å².